The molecule has 1 aliphatic heterocycles. The van der Waals surface area contributed by atoms with E-state index in [1.165, 1.54) is 16.9 Å². The van der Waals surface area contributed by atoms with E-state index in [9.17, 15) is 9.59 Å². The summed E-state index contributed by atoms with van der Waals surface area (Å²) in [5.41, 5.74) is 5.57. The third-order valence-corrected chi connectivity index (χ3v) is 8.85. The number of thiazole rings is 1. The predicted molar refractivity (Wildman–Crippen MR) is 169 cm³/mol. The number of esters is 1. The van der Waals surface area contributed by atoms with Gasteiger partial charge >= 0.3 is 5.97 Å². The molecule has 0 amide bonds. The fourth-order valence-electron chi connectivity index (χ4n) is 5.59. The molecule has 0 bridgehead atoms. The van der Waals surface area contributed by atoms with Crippen molar-refractivity contribution in [3.05, 3.63) is 137 Å². The summed E-state index contributed by atoms with van der Waals surface area (Å²) in [6.45, 7) is 8.17. The molecule has 42 heavy (non-hydrogen) atoms. The van der Waals surface area contributed by atoms with Crippen LogP contribution in [0.4, 0.5) is 0 Å². The largest absolute Gasteiger partial charge is 0.459 e. The molecular formula is C34H30ClN3O3S. The van der Waals surface area contributed by atoms with Gasteiger partial charge in [0.05, 0.1) is 21.9 Å². The molecule has 1 aliphatic rings. The average molecular weight is 596 g/mol. The van der Waals surface area contributed by atoms with Crippen molar-refractivity contribution in [2.24, 2.45) is 4.99 Å². The van der Waals surface area contributed by atoms with E-state index in [0.717, 1.165) is 28.7 Å². The molecule has 6 nitrogen and oxygen atoms in total. The molecule has 1 unspecified atom stereocenters. The van der Waals surface area contributed by atoms with Crippen molar-refractivity contribution in [2.45, 2.75) is 46.4 Å². The van der Waals surface area contributed by atoms with E-state index in [4.69, 9.17) is 21.3 Å². The summed E-state index contributed by atoms with van der Waals surface area (Å²) >= 11 is 7.98. The summed E-state index contributed by atoms with van der Waals surface area (Å²) in [5, 5.41) is 1.53. The first-order valence-corrected chi connectivity index (χ1v) is 15.0. The Morgan fingerprint density at radius 2 is 1.71 bits per heavy atom. The molecule has 1 atom stereocenters. The average Bonchev–Trinajstić information content (AvgIpc) is 3.41. The molecule has 0 radical (unpaired) electrons. The van der Waals surface area contributed by atoms with Crippen LogP contribution in [0.15, 0.2) is 99.9 Å². The lowest BCUT2D eigenvalue weighted by Gasteiger charge is -2.26. The number of carbonyl (C=O) groups is 1. The second-order valence-electron chi connectivity index (χ2n) is 10.6. The van der Waals surface area contributed by atoms with Crippen LogP contribution in [0.25, 0.3) is 17.0 Å². The molecule has 0 aliphatic carbocycles. The number of para-hydroxylation sites is 1. The normalized spacial score (nSPS) is 15.3. The third-order valence-electron chi connectivity index (χ3n) is 7.52. The number of ether oxygens (including phenoxy) is 1. The fourth-order valence-corrected chi connectivity index (χ4v) is 6.86. The summed E-state index contributed by atoms with van der Waals surface area (Å²) in [5.74, 6) is -0.509. The van der Waals surface area contributed by atoms with Crippen molar-refractivity contribution in [1.29, 1.82) is 0 Å². The van der Waals surface area contributed by atoms with Gasteiger partial charge in [-0.15, -0.1) is 0 Å². The van der Waals surface area contributed by atoms with Crippen molar-refractivity contribution >= 4 is 45.9 Å². The second-order valence-corrected chi connectivity index (χ2v) is 12.1. The van der Waals surface area contributed by atoms with Crippen LogP contribution in [0.3, 0.4) is 0 Å². The SMILES string of the molecule is CC1=C(C(=O)OC(C)C)C(c2ccccc2Cl)n2c(sc(=Cc3c(C)n(Cc4ccccc4)c4ccccc34)c2=O)=N1. The minimum Gasteiger partial charge on any atom is -0.459 e. The fraction of sp³-hybridized carbons (Fsp3) is 0.206. The maximum atomic E-state index is 14.2. The highest BCUT2D eigenvalue weighted by Gasteiger charge is 2.35. The van der Waals surface area contributed by atoms with E-state index in [2.05, 4.69) is 35.8 Å². The monoisotopic (exact) mass is 595 g/mol. The predicted octanol–water partition coefficient (Wildman–Crippen LogP) is 6.15. The number of halogens is 1. The first kappa shape index (κ1) is 27.9. The molecule has 8 heteroatoms. The van der Waals surface area contributed by atoms with Crippen molar-refractivity contribution in [3.8, 4) is 0 Å². The molecule has 0 saturated carbocycles. The van der Waals surface area contributed by atoms with Crippen LogP contribution in [0.5, 0.6) is 0 Å². The highest BCUT2D eigenvalue weighted by Crippen LogP contribution is 2.35. The molecule has 0 spiro atoms. The number of hydrogen-bond acceptors (Lipinski definition) is 5. The highest BCUT2D eigenvalue weighted by atomic mass is 35.5. The molecule has 6 rings (SSSR count). The van der Waals surface area contributed by atoms with Gasteiger partial charge in [-0.2, -0.15) is 0 Å². The van der Waals surface area contributed by atoms with Crippen LogP contribution in [0.1, 0.15) is 49.2 Å². The zero-order valence-electron chi connectivity index (χ0n) is 23.8. The zero-order chi connectivity index (χ0) is 29.5. The Labute approximate surface area is 252 Å². The molecule has 0 saturated heterocycles. The van der Waals surface area contributed by atoms with Gasteiger partial charge in [-0.25, -0.2) is 9.79 Å². The van der Waals surface area contributed by atoms with Gasteiger partial charge < -0.3 is 9.30 Å². The van der Waals surface area contributed by atoms with Gasteiger partial charge in [0.25, 0.3) is 5.56 Å². The number of nitrogens with zero attached hydrogens (tertiary/aromatic N) is 3. The molecule has 3 aromatic carbocycles. The number of benzene rings is 3. The number of rotatable bonds is 6. The van der Waals surface area contributed by atoms with E-state index in [0.29, 0.717) is 31.2 Å². The number of aromatic nitrogens is 2. The number of allylic oxidation sites excluding steroid dienone is 1. The molecule has 5 aromatic rings. The minimum absolute atomic E-state index is 0.231. The molecule has 0 N–H and O–H groups in total. The lowest BCUT2D eigenvalue weighted by atomic mass is 9.96. The summed E-state index contributed by atoms with van der Waals surface area (Å²) in [4.78, 5) is 32.8. The van der Waals surface area contributed by atoms with E-state index in [1.807, 2.05) is 54.6 Å². The van der Waals surface area contributed by atoms with Crippen LogP contribution >= 0.6 is 22.9 Å². The van der Waals surface area contributed by atoms with Crippen LogP contribution in [0.2, 0.25) is 5.02 Å². The van der Waals surface area contributed by atoms with E-state index < -0.39 is 12.0 Å². The van der Waals surface area contributed by atoms with Crippen molar-refractivity contribution < 1.29 is 9.53 Å². The third kappa shape index (κ3) is 4.93. The summed E-state index contributed by atoms with van der Waals surface area (Å²) in [6.07, 6.45) is 1.63. The van der Waals surface area contributed by atoms with Crippen LogP contribution in [0, 0.1) is 6.92 Å². The number of fused-ring (bicyclic) bond motifs is 2. The first-order valence-electron chi connectivity index (χ1n) is 13.8. The van der Waals surface area contributed by atoms with Gasteiger partial charge in [-0.3, -0.25) is 9.36 Å². The number of hydrogen-bond donors (Lipinski definition) is 0. The smallest absolute Gasteiger partial charge is 0.338 e. The van der Waals surface area contributed by atoms with Gasteiger partial charge in [0.2, 0.25) is 0 Å². The Morgan fingerprint density at radius 1 is 1.02 bits per heavy atom. The van der Waals surface area contributed by atoms with Crippen LogP contribution < -0.4 is 14.9 Å². The second kappa shape index (κ2) is 11.2. The van der Waals surface area contributed by atoms with Crippen LogP contribution in [-0.4, -0.2) is 21.2 Å². The Morgan fingerprint density at radius 3 is 2.45 bits per heavy atom. The van der Waals surface area contributed by atoms with E-state index >= 15 is 0 Å². The molecule has 3 heterocycles. The zero-order valence-corrected chi connectivity index (χ0v) is 25.4. The maximum absolute atomic E-state index is 14.2. The van der Waals surface area contributed by atoms with Gasteiger partial charge in [0.1, 0.15) is 6.04 Å². The molecule has 2 aromatic heterocycles. The van der Waals surface area contributed by atoms with Crippen molar-refractivity contribution in [1.82, 2.24) is 9.13 Å². The maximum Gasteiger partial charge on any atom is 0.338 e. The van der Waals surface area contributed by atoms with E-state index in [1.54, 1.807) is 31.4 Å². The molecule has 212 valence electrons. The van der Waals surface area contributed by atoms with E-state index in [-0.39, 0.29) is 11.7 Å². The van der Waals surface area contributed by atoms with Gasteiger partial charge in [-0.1, -0.05) is 89.7 Å². The summed E-state index contributed by atoms with van der Waals surface area (Å²) < 4.78 is 10.00. The summed E-state index contributed by atoms with van der Waals surface area (Å²) in [7, 11) is 0. The topological polar surface area (TPSA) is 65.6 Å². The van der Waals surface area contributed by atoms with Crippen LogP contribution in [-0.2, 0) is 16.1 Å². The minimum atomic E-state index is -0.760. The summed E-state index contributed by atoms with van der Waals surface area (Å²) in [6, 6.07) is 25.1. The molecule has 0 fully saturated rings. The van der Waals surface area contributed by atoms with Gasteiger partial charge in [0.15, 0.2) is 4.80 Å². The number of carbonyl (C=O) groups excluding carboxylic acids is 1. The van der Waals surface area contributed by atoms with Crippen molar-refractivity contribution in [2.75, 3.05) is 0 Å². The Bertz CT molecular complexity index is 2050. The molecular weight excluding hydrogens is 566 g/mol. The lowest BCUT2D eigenvalue weighted by Crippen LogP contribution is -2.40. The quantitative estimate of drug-likeness (QED) is 0.221. The standard InChI is InChI=1S/C34H30ClN3O3S/c1-20(2)41-33(40)30-21(3)36-34-38(31(30)25-15-8-10-16-27(25)35)32(39)29(42-34)18-26-22(4)37(19-23-12-6-5-7-13-23)28-17-11-9-14-24(26)28/h5-18,20,31H,19H2,1-4H3. The Balaban J connectivity index is 1.56. The lowest BCUT2D eigenvalue weighted by molar-refractivity contribution is -0.143. The Hall–Kier alpha value is -4.20. The highest BCUT2D eigenvalue weighted by molar-refractivity contribution is 7.07. The first-order chi connectivity index (χ1) is 20.2. The van der Waals surface area contributed by atoms with Crippen molar-refractivity contribution in [3.63, 3.8) is 0 Å². The van der Waals surface area contributed by atoms with Gasteiger partial charge in [0, 0.05) is 33.7 Å². The van der Waals surface area contributed by atoms with Gasteiger partial charge in [-0.05, 0) is 57.0 Å². The Kier molecular flexibility index (Phi) is 7.47.